The quantitative estimate of drug-likeness (QED) is 0.921. The van der Waals surface area contributed by atoms with Crippen LogP contribution in [-0.4, -0.2) is 26.7 Å². The van der Waals surface area contributed by atoms with E-state index in [4.69, 9.17) is 0 Å². The SMILES string of the molecule is CC1CCCC(C)N1Cc1cc(=O)c(O)cn1C1CCCCC1. The largest absolute Gasteiger partial charge is 0.503 e. The van der Waals surface area contributed by atoms with E-state index in [1.54, 1.807) is 12.3 Å². The molecule has 4 heteroatoms. The number of nitrogens with zero attached hydrogens (tertiary/aromatic N) is 2. The van der Waals surface area contributed by atoms with Crippen LogP contribution in [0.3, 0.4) is 0 Å². The van der Waals surface area contributed by atoms with Crippen LogP contribution in [0.2, 0.25) is 0 Å². The van der Waals surface area contributed by atoms with Crippen molar-refractivity contribution in [2.75, 3.05) is 0 Å². The first-order chi connectivity index (χ1) is 11.1. The van der Waals surface area contributed by atoms with Gasteiger partial charge in [0, 0.05) is 36.4 Å². The molecule has 1 aromatic rings. The molecule has 1 aromatic heterocycles. The second kappa shape index (κ2) is 7.08. The van der Waals surface area contributed by atoms with Crippen molar-refractivity contribution >= 4 is 0 Å². The van der Waals surface area contributed by atoms with Crippen LogP contribution in [0.25, 0.3) is 0 Å². The van der Waals surface area contributed by atoms with E-state index in [9.17, 15) is 9.90 Å². The van der Waals surface area contributed by atoms with Crippen LogP contribution in [0.4, 0.5) is 0 Å². The summed E-state index contributed by atoms with van der Waals surface area (Å²) in [7, 11) is 0. The molecule has 1 aliphatic heterocycles. The van der Waals surface area contributed by atoms with Crippen molar-refractivity contribution in [3.8, 4) is 5.75 Å². The molecule has 1 saturated carbocycles. The molecular weight excluding hydrogens is 288 g/mol. The number of pyridine rings is 1. The fourth-order valence-corrected chi connectivity index (χ4v) is 4.38. The standard InChI is InChI=1S/C19H30N2O2/c1-14-7-6-8-15(2)20(14)12-17-11-18(22)19(23)13-21(17)16-9-4-3-5-10-16/h11,13-16,23H,3-10,12H2,1-2H3. The molecule has 1 saturated heterocycles. The molecule has 23 heavy (non-hydrogen) atoms. The van der Waals surface area contributed by atoms with Crippen molar-refractivity contribution in [3.05, 3.63) is 28.2 Å². The van der Waals surface area contributed by atoms with E-state index in [-0.39, 0.29) is 11.2 Å². The van der Waals surface area contributed by atoms with Crippen molar-refractivity contribution in [1.82, 2.24) is 9.47 Å². The minimum Gasteiger partial charge on any atom is -0.503 e. The van der Waals surface area contributed by atoms with Crippen molar-refractivity contribution in [2.24, 2.45) is 0 Å². The van der Waals surface area contributed by atoms with Crippen LogP contribution in [0.5, 0.6) is 5.75 Å². The van der Waals surface area contributed by atoms with Gasteiger partial charge in [0.15, 0.2) is 5.75 Å². The first-order valence-electron chi connectivity index (χ1n) is 9.26. The van der Waals surface area contributed by atoms with E-state index in [0.717, 1.165) is 25.1 Å². The highest BCUT2D eigenvalue weighted by Crippen LogP contribution is 2.31. The van der Waals surface area contributed by atoms with Crippen molar-refractivity contribution in [3.63, 3.8) is 0 Å². The summed E-state index contributed by atoms with van der Waals surface area (Å²) in [4.78, 5) is 14.5. The van der Waals surface area contributed by atoms with E-state index in [2.05, 4.69) is 23.3 Å². The van der Waals surface area contributed by atoms with Gasteiger partial charge in [-0.2, -0.15) is 0 Å². The lowest BCUT2D eigenvalue weighted by Crippen LogP contribution is -2.43. The molecule has 4 nitrogen and oxygen atoms in total. The third-order valence-corrected chi connectivity index (χ3v) is 5.83. The van der Waals surface area contributed by atoms with Gasteiger partial charge in [0.1, 0.15) is 0 Å². The average molecular weight is 318 g/mol. The van der Waals surface area contributed by atoms with Gasteiger partial charge in [-0.3, -0.25) is 9.69 Å². The number of rotatable bonds is 3. The molecule has 0 aromatic carbocycles. The highest BCUT2D eigenvalue weighted by atomic mass is 16.3. The number of aromatic hydroxyl groups is 1. The average Bonchev–Trinajstić information content (AvgIpc) is 2.55. The first-order valence-corrected chi connectivity index (χ1v) is 9.26. The summed E-state index contributed by atoms with van der Waals surface area (Å²) in [5, 5.41) is 9.92. The van der Waals surface area contributed by atoms with Crippen LogP contribution in [0.15, 0.2) is 17.1 Å². The van der Waals surface area contributed by atoms with Crippen molar-refractivity contribution in [1.29, 1.82) is 0 Å². The van der Waals surface area contributed by atoms with Gasteiger partial charge in [-0.1, -0.05) is 25.7 Å². The van der Waals surface area contributed by atoms with E-state index < -0.39 is 0 Å². The van der Waals surface area contributed by atoms with E-state index >= 15 is 0 Å². The zero-order valence-corrected chi connectivity index (χ0v) is 14.5. The van der Waals surface area contributed by atoms with Gasteiger partial charge < -0.3 is 9.67 Å². The third-order valence-electron chi connectivity index (χ3n) is 5.83. The molecule has 2 fully saturated rings. The fourth-order valence-electron chi connectivity index (χ4n) is 4.38. The molecular formula is C19H30N2O2. The predicted octanol–water partition coefficient (Wildman–Crippen LogP) is 3.82. The molecule has 0 bridgehead atoms. The maximum absolute atomic E-state index is 12.0. The summed E-state index contributed by atoms with van der Waals surface area (Å²) >= 11 is 0. The topological polar surface area (TPSA) is 45.5 Å². The van der Waals surface area contributed by atoms with Gasteiger partial charge in [-0.15, -0.1) is 0 Å². The molecule has 2 heterocycles. The Morgan fingerprint density at radius 1 is 1.04 bits per heavy atom. The van der Waals surface area contributed by atoms with Crippen molar-refractivity contribution < 1.29 is 5.11 Å². The Kier molecular flexibility index (Phi) is 5.10. The molecule has 0 spiro atoms. The molecule has 0 radical (unpaired) electrons. The highest BCUT2D eigenvalue weighted by Gasteiger charge is 2.27. The zero-order valence-electron chi connectivity index (χ0n) is 14.5. The molecule has 0 amide bonds. The lowest BCUT2D eigenvalue weighted by Gasteiger charge is -2.40. The first kappa shape index (κ1) is 16.6. The normalized spacial score (nSPS) is 27.2. The maximum Gasteiger partial charge on any atom is 0.223 e. The summed E-state index contributed by atoms with van der Waals surface area (Å²) in [6.45, 7) is 5.40. The minimum atomic E-state index is -0.246. The van der Waals surface area contributed by atoms with Gasteiger partial charge in [-0.05, 0) is 39.5 Å². The van der Waals surface area contributed by atoms with E-state index in [1.165, 1.54) is 38.5 Å². The van der Waals surface area contributed by atoms with E-state index in [0.29, 0.717) is 18.1 Å². The second-order valence-electron chi connectivity index (χ2n) is 7.51. The Labute approximate surface area is 139 Å². The predicted molar refractivity (Wildman–Crippen MR) is 92.8 cm³/mol. The molecule has 3 rings (SSSR count). The summed E-state index contributed by atoms with van der Waals surface area (Å²) in [6.07, 6.45) is 11.5. The highest BCUT2D eigenvalue weighted by molar-refractivity contribution is 5.21. The summed E-state index contributed by atoms with van der Waals surface area (Å²) in [5.74, 6) is -0.112. The number of piperidine rings is 1. The lowest BCUT2D eigenvalue weighted by molar-refractivity contribution is 0.0909. The van der Waals surface area contributed by atoms with Gasteiger partial charge in [-0.25, -0.2) is 0 Å². The van der Waals surface area contributed by atoms with Gasteiger partial charge >= 0.3 is 0 Å². The summed E-state index contributed by atoms with van der Waals surface area (Å²) < 4.78 is 2.20. The summed E-state index contributed by atoms with van der Waals surface area (Å²) in [5.41, 5.74) is 0.824. The molecule has 2 unspecified atom stereocenters. The number of likely N-dealkylation sites (tertiary alicyclic amines) is 1. The van der Waals surface area contributed by atoms with Crippen LogP contribution >= 0.6 is 0 Å². The van der Waals surface area contributed by atoms with Crippen LogP contribution < -0.4 is 5.43 Å². The molecule has 2 atom stereocenters. The van der Waals surface area contributed by atoms with Gasteiger partial charge in [0.25, 0.3) is 0 Å². The number of hydrogen-bond acceptors (Lipinski definition) is 3. The summed E-state index contributed by atoms with van der Waals surface area (Å²) in [6, 6.07) is 3.21. The Hall–Kier alpha value is -1.29. The lowest BCUT2D eigenvalue weighted by atomic mass is 9.94. The Morgan fingerprint density at radius 3 is 2.35 bits per heavy atom. The van der Waals surface area contributed by atoms with Crippen LogP contribution in [0.1, 0.15) is 76.9 Å². The molecule has 1 N–H and O–H groups in total. The number of aromatic nitrogens is 1. The second-order valence-corrected chi connectivity index (χ2v) is 7.51. The van der Waals surface area contributed by atoms with Gasteiger partial charge in [0.05, 0.1) is 6.20 Å². The Balaban J connectivity index is 1.90. The Bertz CT molecular complexity index is 580. The molecule has 1 aliphatic carbocycles. The molecule has 2 aliphatic rings. The maximum atomic E-state index is 12.0. The fraction of sp³-hybridized carbons (Fsp3) is 0.737. The Morgan fingerprint density at radius 2 is 1.70 bits per heavy atom. The third kappa shape index (κ3) is 3.63. The monoisotopic (exact) mass is 318 g/mol. The minimum absolute atomic E-state index is 0.112. The number of hydrogen-bond donors (Lipinski definition) is 1. The van der Waals surface area contributed by atoms with E-state index in [1.807, 2.05) is 0 Å². The smallest absolute Gasteiger partial charge is 0.223 e. The molecule has 128 valence electrons. The zero-order chi connectivity index (χ0) is 16.4. The van der Waals surface area contributed by atoms with Crippen LogP contribution in [0, 0.1) is 0 Å². The van der Waals surface area contributed by atoms with Crippen LogP contribution in [-0.2, 0) is 6.54 Å². The van der Waals surface area contributed by atoms with Gasteiger partial charge in [0.2, 0.25) is 5.43 Å². The van der Waals surface area contributed by atoms with Crippen molar-refractivity contribution in [2.45, 2.75) is 89.9 Å².